The van der Waals surface area contributed by atoms with Crippen molar-refractivity contribution in [2.45, 2.75) is 45.7 Å². The summed E-state index contributed by atoms with van der Waals surface area (Å²) in [5.41, 5.74) is 9.24. The number of fused-ring (bicyclic) bond motifs is 1. The number of hydrogen-bond acceptors (Lipinski definition) is 2. The third-order valence-electron chi connectivity index (χ3n) is 3.76. The summed E-state index contributed by atoms with van der Waals surface area (Å²) in [5.74, 6) is 0.780. The first-order valence-corrected chi connectivity index (χ1v) is 8.35. The molecule has 0 aliphatic heterocycles. The van der Waals surface area contributed by atoms with Crippen LogP contribution in [0.3, 0.4) is 0 Å². The van der Waals surface area contributed by atoms with Crippen LogP contribution in [0.2, 0.25) is 0 Å². The number of aromatic nitrogens is 1. The first kappa shape index (κ1) is 13.8. The van der Waals surface area contributed by atoms with Crippen LogP contribution in [0.25, 0.3) is 0 Å². The third kappa shape index (κ3) is 3.04. The van der Waals surface area contributed by atoms with Crippen molar-refractivity contribution in [1.29, 1.82) is 0 Å². The van der Waals surface area contributed by atoms with Crippen molar-refractivity contribution in [2.75, 3.05) is 12.0 Å². The fourth-order valence-electron chi connectivity index (χ4n) is 2.94. The lowest BCUT2D eigenvalue weighted by Gasteiger charge is -2.34. The predicted octanol–water partition coefficient (Wildman–Crippen LogP) is 2.23. The lowest BCUT2D eigenvalue weighted by Crippen LogP contribution is -2.30. The molecule has 102 valence electrons. The lowest BCUT2D eigenvalue weighted by atomic mass is 9.74. The molecule has 2 unspecified atom stereocenters. The minimum absolute atomic E-state index is 0.172. The van der Waals surface area contributed by atoms with Crippen LogP contribution in [0, 0.1) is 5.41 Å². The summed E-state index contributed by atoms with van der Waals surface area (Å²) in [7, 11) is -0.689. The molecule has 0 saturated heterocycles. The van der Waals surface area contributed by atoms with Crippen LogP contribution in [-0.2, 0) is 23.8 Å². The summed E-state index contributed by atoms with van der Waals surface area (Å²) < 4.78 is 13.4. The number of nitrogens with two attached hydrogens (primary N) is 1. The van der Waals surface area contributed by atoms with Crippen LogP contribution >= 0.6 is 0 Å². The van der Waals surface area contributed by atoms with Crippen LogP contribution in [0.4, 0.5) is 0 Å². The summed E-state index contributed by atoms with van der Waals surface area (Å²) in [6.45, 7) is 5.53. The highest BCUT2D eigenvalue weighted by Gasteiger charge is 2.32. The maximum atomic E-state index is 11.1. The van der Waals surface area contributed by atoms with Crippen LogP contribution in [0.5, 0.6) is 0 Å². The SMILES string of the molecule is CS(=O)CCCn1ccc2c1CC(C)(C)CC2N. The van der Waals surface area contributed by atoms with Crippen LogP contribution in [0.1, 0.15) is 44.0 Å². The summed E-state index contributed by atoms with van der Waals surface area (Å²) in [6.07, 6.45) is 7.04. The average molecular weight is 268 g/mol. The average Bonchev–Trinajstić information content (AvgIpc) is 2.59. The van der Waals surface area contributed by atoms with Crippen molar-refractivity contribution in [3.05, 3.63) is 23.5 Å². The molecule has 3 nitrogen and oxygen atoms in total. The van der Waals surface area contributed by atoms with Crippen molar-refractivity contribution < 1.29 is 4.21 Å². The van der Waals surface area contributed by atoms with Gasteiger partial charge in [-0.3, -0.25) is 4.21 Å². The Morgan fingerprint density at radius 1 is 1.56 bits per heavy atom. The zero-order chi connectivity index (χ0) is 13.3. The van der Waals surface area contributed by atoms with E-state index in [0.717, 1.165) is 31.6 Å². The Morgan fingerprint density at radius 3 is 2.94 bits per heavy atom. The van der Waals surface area contributed by atoms with Crippen molar-refractivity contribution in [2.24, 2.45) is 11.1 Å². The molecule has 0 aromatic carbocycles. The van der Waals surface area contributed by atoms with Gasteiger partial charge in [-0.1, -0.05) is 13.8 Å². The highest BCUT2D eigenvalue weighted by Crippen LogP contribution is 2.39. The molecule has 1 aromatic rings. The molecule has 4 heteroatoms. The summed E-state index contributed by atoms with van der Waals surface area (Å²) in [6, 6.07) is 2.34. The molecule has 1 aliphatic rings. The van der Waals surface area contributed by atoms with Crippen molar-refractivity contribution in [1.82, 2.24) is 4.57 Å². The largest absolute Gasteiger partial charge is 0.351 e. The summed E-state index contributed by atoms with van der Waals surface area (Å²) >= 11 is 0. The van der Waals surface area contributed by atoms with Crippen LogP contribution in [0.15, 0.2) is 12.3 Å². The van der Waals surface area contributed by atoms with Gasteiger partial charge in [0.1, 0.15) is 0 Å². The van der Waals surface area contributed by atoms with Gasteiger partial charge in [-0.25, -0.2) is 0 Å². The Balaban J connectivity index is 2.12. The molecule has 0 radical (unpaired) electrons. The molecule has 0 saturated carbocycles. The fraction of sp³-hybridized carbons (Fsp3) is 0.714. The van der Waals surface area contributed by atoms with E-state index in [-0.39, 0.29) is 11.5 Å². The van der Waals surface area contributed by atoms with E-state index in [1.165, 1.54) is 11.3 Å². The normalized spacial score (nSPS) is 23.7. The molecule has 18 heavy (non-hydrogen) atoms. The topological polar surface area (TPSA) is 48.0 Å². The number of rotatable bonds is 4. The highest BCUT2D eigenvalue weighted by molar-refractivity contribution is 7.84. The molecule has 1 aromatic heterocycles. The van der Waals surface area contributed by atoms with E-state index >= 15 is 0 Å². The van der Waals surface area contributed by atoms with Gasteiger partial charge in [0.2, 0.25) is 0 Å². The van der Waals surface area contributed by atoms with E-state index in [2.05, 4.69) is 30.7 Å². The van der Waals surface area contributed by atoms with E-state index in [9.17, 15) is 4.21 Å². The number of aryl methyl sites for hydroxylation is 1. The molecule has 1 heterocycles. The van der Waals surface area contributed by atoms with Gasteiger partial charge in [-0.2, -0.15) is 0 Å². The van der Waals surface area contributed by atoms with Crippen molar-refractivity contribution >= 4 is 10.8 Å². The summed E-state index contributed by atoms with van der Waals surface area (Å²) in [5, 5.41) is 0. The Morgan fingerprint density at radius 2 is 2.28 bits per heavy atom. The van der Waals surface area contributed by atoms with Gasteiger partial charge in [0.25, 0.3) is 0 Å². The van der Waals surface area contributed by atoms with Gasteiger partial charge in [0, 0.05) is 47.3 Å². The lowest BCUT2D eigenvalue weighted by molar-refractivity contribution is 0.275. The highest BCUT2D eigenvalue weighted by atomic mass is 32.2. The monoisotopic (exact) mass is 268 g/mol. The second-order valence-corrected chi connectivity index (χ2v) is 7.75. The predicted molar refractivity (Wildman–Crippen MR) is 77.0 cm³/mol. The van der Waals surface area contributed by atoms with Gasteiger partial charge in [0.15, 0.2) is 0 Å². The third-order valence-corrected chi connectivity index (χ3v) is 4.63. The van der Waals surface area contributed by atoms with Gasteiger partial charge in [-0.05, 0) is 36.3 Å². The minimum atomic E-state index is -0.689. The van der Waals surface area contributed by atoms with Gasteiger partial charge < -0.3 is 10.3 Å². The Kier molecular flexibility index (Phi) is 3.97. The maximum Gasteiger partial charge on any atom is 0.0318 e. The van der Waals surface area contributed by atoms with E-state index in [0.29, 0.717) is 0 Å². The standard InChI is InChI=1S/C14H24N2OS/c1-14(2)9-12(15)11-5-7-16(13(11)10-14)6-4-8-18(3)17/h5,7,12H,4,6,8-10,15H2,1-3H3. The molecule has 0 spiro atoms. The molecular formula is C14H24N2OS. The molecule has 0 bridgehead atoms. The Labute approximate surface area is 112 Å². The zero-order valence-electron chi connectivity index (χ0n) is 11.6. The van der Waals surface area contributed by atoms with E-state index in [1.807, 2.05) is 0 Å². The molecule has 0 amide bonds. The summed E-state index contributed by atoms with van der Waals surface area (Å²) in [4.78, 5) is 0. The van der Waals surface area contributed by atoms with Gasteiger partial charge in [0.05, 0.1) is 0 Å². The van der Waals surface area contributed by atoms with E-state index < -0.39 is 10.8 Å². The zero-order valence-corrected chi connectivity index (χ0v) is 12.4. The van der Waals surface area contributed by atoms with Crippen LogP contribution in [-0.4, -0.2) is 20.8 Å². The number of hydrogen-bond donors (Lipinski definition) is 1. The first-order valence-electron chi connectivity index (χ1n) is 6.62. The van der Waals surface area contributed by atoms with Gasteiger partial charge >= 0.3 is 0 Å². The molecule has 2 N–H and O–H groups in total. The fourth-order valence-corrected chi connectivity index (χ4v) is 3.48. The first-order chi connectivity index (χ1) is 8.39. The van der Waals surface area contributed by atoms with E-state index in [4.69, 9.17) is 5.73 Å². The van der Waals surface area contributed by atoms with Crippen molar-refractivity contribution in [3.8, 4) is 0 Å². The maximum absolute atomic E-state index is 11.1. The Bertz CT molecular complexity index is 451. The smallest absolute Gasteiger partial charge is 0.0318 e. The second kappa shape index (κ2) is 5.17. The van der Waals surface area contributed by atoms with Gasteiger partial charge in [-0.15, -0.1) is 0 Å². The second-order valence-electron chi connectivity index (χ2n) is 6.19. The van der Waals surface area contributed by atoms with E-state index in [1.54, 1.807) is 6.26 Å². The molecule has 1 aliphatic carbocycles. The van der Waals surface area contributed by atoms with Crippen LogP contribution < -0.4 is 5.73 Å². The molecular weight excluding hydrogens is 244 g/mol. The minimum Gasteiger partial charge on any atom is -0.351 e. The molecule has 0 fully saturated rings. The number of nitrogens with zero attached hydrogens (tertiary/aromatic N) is 1. The Hall–Kier alpha value is -0.610. The quantitative estimate of drug-likeness (QED) is 0.910. The molecule has 2 rings (SSSR count). The molecule has 2 atom stereocenters. The van der Waals surface area contributed by atoms with Crippen molar-refractivity contribution in [3.63, 3.8) is 0 Å².